The summed E-state index contributed by atoms with van der Waals surface area (Å²) in [7, 11) is 0. The number of rotatable bonds is 5. The lowest BCUT2D eigenvalue weighted by molar-refractivity contribution is 0.468. The van der Waals surface area contributed by atoms with E-state index in [0.717, 1.165) is 12.5 Å². The summed E-state index contributed by atoms with van der Waals surface area (Å²) in [6, 6.07) is 1.03. The summed E-state index contributed by atoms with van der Waals surface area (Å²) >= 11 is 0. The fourth-order valence-corrected chi connectivity index (χ4v) is 1.17. The fourth-order valence-electron chi connectivity index (χ4n) is 1.17. The van der Waals surface area contributed by atoms with E-state index in [0.29, 0.717) is 12.1 Å². The third-order valence-electron chi connectivity index (χ3n) is 2.54. The van der Waals surface area contributed by atoms with Crippen LogP contribution < -0.4 is 11.1 Å². The van der Waals surface area contributed by atoms with Crippen molar-refractivity contribution in [3.05, 3.63) is 0 Å². The van der Waals surface area contributed by atoms with Crippen LogP contribution in [0.3, 0.4) is 0 Å². The predicted octanol–water partition coefficient (Wildman–Crippen LogP) is 1.11. The molecule has 3 N–H and O–H groups in total. The Hall–Kier alpha value is -0.0800. The summed E-state index contributed by atoms with van der Waals surface area (Å²) in [5.74, 6) is 0.826. The first kappa shape index (κ1) is 9.01. The van der Waals surface area contributed by atoms with Gasteiger partial charge in [0.1, 0.15) is 0 Å². The van der Waals surface area contributed by atoms with Gasteiger partial charge in [0.25, 0.3) is 0 Å². The van der Waals surface area contributed by atoms with Crippen molar-refractivity contribution in [1.29, 1.82) is 0 Å². The van der Waals surface area contributed by atoms with Gasteiger partial charge in [0.15, 0.2) is 0 Å². The molecule has 0 aliphatic heterocycles. The Morgan fingerprint density at radius 1 is 1.55 bits per heavy atom. The molecule has 0 aromatic rings. The van der Waals surface area contributed by atoms with Crippen molar-refractivity contribution in [1.82, 2.24) is 5.32 Å². The Bertz CT molecular complexity index is 110. The third kappa shape index (κ3) is 3.21. The highest BCUT2D eigenvalue weighted by Crippen LogP contribution is 2.31. The van der Waals surface area contributed by atoms with Crippen LogP contribution >= 0.6 is 0 Å². The average molecular weight is 156 g/mol. The molecule has 0 spiro atoms. The van der Waals surface area contributed by atoms with E-state index < -0.39 is 0 Å². The number of hydrogen-bond acceptors (Lipinski definition) is 2. The lowest BCUT2D eigenvalue weighted by Crippen LogP contribution is -2.39. The molecule has 2 atom stereocenters. The van der Waals surface area contributed by atoms with Gasteiger partial charge >= 0.3 is 0 Å². The molecule has 1 saturated carbocycles. The van der Waals surface area contributed by atoms with Gasteiger partial charge in [0, 0.05) is 18.6 Å². The summed E-state index contributed by atoms with van der Waals surface area (Å²) < 4.78 is 0. The van der Waals surface area contributed by atoms with Gasteiger partial charge in [-0.15, -0.1) is 0 Å². The maximum atomic E-state index is 5.92. The van der Waals surface area contributed by atoms with E-state index in [1.807, 2.05) is 0 Å². The van der Waals surface area contributed by atoms with E-state index in [1.54, 1.807) is 0 Å². The van der Waals surface area contributed by atoms with Crippen LogP contribution in [-0.2, 0) is 0 Å². The zero-order valence-corrected chi connectivity index (χ0v) is 7.64. The van der Waals surface area contributed by atoms with Gasteiger partial charge < -0.3 is 11.1 Å². The minimum Gasteiger partial charge on any atom is -0.326 e. The number of nitrogens with two attached hydrogens (primary N) is 1. The molecular weight excluding hydrogens is 136 g/mol. The minimum atomic E-state index is 0.406. The van der Waals surface area contributed by atoms with Crippen molar-refractivity contribution in [3.8, 4) is 0 Å². The van der Waals surface area contributed by atoms with Crippen molar-refractivity contribution >= 4 is 0 Å². The highest BCUT2D eigenvalue weighted by Gasteiger charge is 2.27. The normalized spacial score (nSPS) is 23.2. The molecule has 1 rings (SSSR count). The quantitative estimate of drug-likeness (QED) is 0.626. The van der Waals surface area contributed by atoms with E-state index in [9.17, 15) is 0 Å². The summed E-state index contributed by atoms with van der Waals surface area (Å²) in [5.41, 5.74) is 5.92. The molecule has 0 aromatic heterocycles. The summed E-state index contributed by atoms with van der Waals surface area (Å²) in [5, 5.41) is 3.43. The topological polar surface area (TPSA) is 38.0 Å². The lowest BCUT2D eigenvalue weighted by Gasteiger charge is -2.15. The van der Waals surface area contributed by atoms with Crippen LogP contribution in [0, 0.1) is 5.92 Å². The lowest BCUT2D eigenvalue weighted by atomic mass is 10.2. The van der Waals surface area contributed by atoms with Crippen molar-refractivity contribution in [2.24, 2.45) is 11.7 Å². The first-order valence-electron chi connectivity index (χ1n) is 4.73. The Morgan fingerprint density at radius 2 is 2.18 bits per heavy atom. The molecule has 0 saturated heterocycles. The molecule has 0 radical (unpaired) electrons. The molecule has 0 aromatic carbocycles. The van der Waals surface area contributed by atoms with E-state index in [-0.39, 0.29) is 0 Å². The van der Waals surface area contributed by atoms with Gasteiger partial charge in [0.05, 0.1) is 0 Å². The van der Waals surface area contributed by atoms with Gasteiger partial charge in [0.2, 0.25) is 0 Å². The Morgan fingerprint density at radius 3 is 2.64 bits per heavy atom. The van der Waals surface area contributed by atoms with E-state index in [1.165, 1.54) is 19.3 Å². The molecule has 2 heteroatoms. The van der Waals surface area contributed by atoms with Crippen LogP contribution in [0.15, 0.2) is 0 Å². The summed E-state index contributed by atoms with van der Waals surface area (Å²) in [6.07, 6.45) is 3.89. The van der Waals surface area contributed by atoms with Crippen molar-refractivity contribution < 1.29 is 0 Å². The maximum absolute atomic E-state index is 5.92. The zero-order chi connectivity index (χ0) is 8.27. The van der Waals surface area contributed by atoms with Gasteiger partial charge in [-0.2, -0.15) is 0 Å². The van der Waals surface area contributed by atoms with Crippen molar-refractivity contribution in [3.63, 3.8) is 0 Å². The standard InChI is InChI=1S/C9H20N2/c1-3-7(2)11-6-9(10)8-4-5-8/h7-9,11H,3-6,10H2,1-2H3. The van der Waals surface area contributed by atoms with Crippen molar-refractivity contribution in [2.75, 3.05) is 6.54 Å². The third-order valence-corrected chi connectivity index (χ3v) is 2.54. The second-order valence-corrected chi connectivity index (χ2v) is 3.72. The molecular formula is C9H20N2. The molecule has 0 amide bonds. The van der Waals surface area contributed by atoms with Crippen LogP contribution in [0.4, 0.5) is 0 Å². The summed E-state index contributed by atoms with van der Waals surface area (Å²) in [6.45, 7) is 5.40. The van der Waals surface area contributed by atoms with E-state index in [2.05, 4.69) is 19.2 Å². The van der Waals surface area contributed by atoms with Crippen LogP contribution in [0.1, 0.15) is 33.1 Å². The molecule has 1 aliphatic rings. The fraction of sp³-hybridized carbons (Fsp3) is 1.00. The number of nitrogens with one attached hydrogen (secondary N) is 1. The van der Waals surface area contributed by atoms with Crippen LogP contribution in [-0.4, -0.2) is 18.6 Å². The second-order valence-electron chi connectivity index (χ2n) is 3.72. The molecule has 1 fully saturated rings. The van der Waals surface area contributed by atoms with E-state index >= 15 is 0 Å². The predicted molar refractivity (Wildman–Crippen MR) is 48.5 cm³/mol. The molecule has 11 heavy (non-hydrogen) atoms. The molecule has 0 bridgehead atoms. The number of hydrogen-bond donors (Lipinski definition) is 2. The first-order valence-corrected chi connectivity index (χ1v) is 4.73. The average Bonchev–Trinajstić information content (AvgIpc) is 2.81. The van der Waals surface area contributed by atoms with Crippen molar-refractivity contribution in [2.45, 2.75) is 45.2 Å². The molecule has 0 heterocycles. The first-order chi connectivity index (χ1) is 5.24. The second kappa shape index (κ2) is 4.07. The van der Waals surface area contributed by atoms with Gasteiger partial charge in [-0.3, -0.25) is 0 Å². The van der Waals surface area contributed by atoms with Gasteiger partial charge in [-0.1, -0.05) is 6.92 Å². The molecule has 66 valence electrons. The molecule has 2 unspecified atom stereocenters. The smallest absolute Gasteiger partial charge is 0.0194 e. The summed E-state index contributed by atoms with van der Waals surface area (Å²) in [4.78, 5) is 0. The Kier molecular flexibility index (Phi) is 3.34. The van der Waals surface area contributed by atoms with E-state index in [4.69, 9.17) is 5.73 Å². The monoisotopic (exact) mass is 156 g/mol. The molecule has 1 aliphatic carbocycles. The Balaban J connectivity index is 2.00. The van der Waals surface area contributed by atoms with Gasteiger partial charge in [-0.05, 0) is 32.1 Å². The minimum absolute atomic E-state index is 0.406. The zero-order valence-electron chi connectivity index (χ0n) is 7.64. The van der Waals surface area contributed by atoms with Crippen LogP contribution in [0.2, 0.25) is 0 Å². The maximum Gasteiger partial charge on any atom is 0.0194 e. The Labute approximate surface area is 69.5 Å². The SMILES string of the molecule is CCC(C)NCC(N)C1CC1. The van der Waals surface area contributed by atoms with Gasteiger partial charge in [-0.25, -0.2) is 0 Å². The van der Waals surface area contributed by atoms with Crippen LogP contribution in [0.5, 0.6) is 0 Å². The highest BCUT2D eigenvalue weighted by molar-refractivity contribution is 4.85. The largest absolute Gasteiger partial charge is 0.326 e. The highest BCUT2D eigenvalue weighted by atomic mass is 14.9. The van der Waals surface area contributed by atoms with Crippen LogP contribution in [0.25, 0.3) is 0 Å². The molecule has 2 nitrogen and oxygen atoms in total.